The molecule has 0 amide bonds. The molecule has 8 heteroatoms. The van der Waals surface area contributed by atoms with E-state index in [1.54, 1.807) is 30.7 Å². The van der Waals surface area contributed by atoms with Gasteiger partial charge in [-0.25, -0.2) is 19.3 Å². The van der Waals surface area contributed by atoms with Gasteiger partial charge in [0, 0.05) is 26.3 Å². The van der Waals surface area contributed by atoms with Gasteiger partial charge in [-0.1, -0.05) is 19.6 Å². The molecule has 0 bridgehead atoms. The molecule has 2 heterocycles. The lowest BCUT2D eigenvalue weighted by Crippen LogP contribution is -2.26. The zero-order valence-corrected chi connectivity index (χ0v) is 17.6. The third-order valence-electron chi connectivity index (χ3n) is 4.29. The molecule has 0 aliphatic rings. The van der Waals surface area contributed by atoms with Crippen molar-refractivity contribution in [1.82, 2.24) is 15.0 Å². The van der Waals surface area contributed by atoms with Crippen molar-refractivity contribution in [3.63, 3.8) is 0 Å². The maximum atomic E-state index is 13.6. The van der Waals surface area contributed by atoms with E-state index in [2.05, 4.69) is 34.6 Å². The normalized spacial score (nSPS) is 11.6. The van der Waals surface area contributed by atoms with Crippen molar-refractivity contribution in [2.75, 3.05) is 25.3 Å². The summed E-state index contributed by atoms with van der Waals surface area (Å²) >= 11 is 0. The fourth-order valence-corrected chi connectivity index (χ4v) is 3.45. The molecule has 0 saturated heterocycles. The van der Waals surface area contributed by atoms with E-state index < -0.39 is 8.07 Å². The molecule has 3 aromatic rings. The van der Waals surface area contributed by atoms with Gasteiger partial charge in [-0.3, -0.25) is 4.90 Å². The van der Waals surface area contributed by atoms with Gasteiger partial charge >= 0.3 is 6.01 Å². The van der Waals surface area contributed by atoms with Crippen LogP contribution in [0.25, 0.3) is 10.8 Å². The molecule has 0 unspecified atom stereocenters. The van der Waals surface area contributed by atoms with Gasteiger partial charge < -0.3 is 9.47 Å². The van der Waals surface area contributed by atoms with Crippen molar-refractivity contribution in [2.24, 2.45) is 0 Å². The Morgan fingerprint density at radius 2 is 1.82 bits per heavy atom. The van der Waals surface area contributed by atoms with E-state index in [1.165, 1.54) is 19.2 Å². The fraction of sp³-hybridized carbons (Fsp3) is 0.350. The highest BCUT2D eigenvalue weighted by molar-refractivity contribution is 6.76. The summed E-state index contributed by atoms with van der Waals surface area (Å²) < 4.78 is 24.7. The second-order valence-corrected chi connectivity index (χ2v) is 13.3. The standard InChI is InChI=1S/C20H25FN4O2Si/c1-26-20-23-12-17(13-24-20)25(14-27-9-10-28(2,3)4)19-18-6-5-16(21)11-15(18)7-8-22-19/h5-8,11-13H,9-10,14H2,1-4H3. The van der Waals surface area contributed by atoms with E-state index in [1.807, 2.05) is 4.90 Å². The first-order chi connectivity index (χ1) is 13.4. The Kier molecular flexibility index (Phi) is 6.20. The van der Waals surface area contributed by atoms with Crippen LogP contribution in [0.4, 0.5) is 15.9 Å². The number of nitrogens with zero attached hydrogens (tertiary/aromatic N) is 4. The molecule has 0 atom stereocenters. The third-order valence-corrected chi connectivity index (χ3v) is 5.99. The van der Waals surface area contributed by atoms with Gasteiger partial charge in [0.15, 0.2) is 0 Å². The Morgan fingerprint density at radius 1 is 1.07 bits per heavy atom. The van der Waals surface area contributed by atoms with Crippen molar-refractivity contribution >= 4 is 30.4 Å². The third kappa shape index (κ3) is 5.02. The number of hydrogen-bond donors (Lipinski definition) is 0. The minimum atomic E-state index is -1.19. The molecule has 0 aliphatic heterocycles. The van der Waals surface area contributed by atoms with Crippen LogP contribution in [-0.2, 0) is 4.74 Å². The molecule has 0 aliphatic carbocycles. The predicted molar refractivity (Wildman–Crippen MR) is 111 cm³/mol. The number of hydrogen-bond acceptors (Lipinski definition) is 6. The summed E-state index contributed by atoms with van der Waals surface area (Å²) in [4.78, 5) is 14.8. The number of aromatic nitrogens is 3. The van der Waals surface area contributed by atoms with Gasteiger partial charge in [0.25, 0.3) is 0 Å². The number of rotatable bonds is 8. The smallest absolute Gasteiger partial charge is 0.316 e. The summed E-state index contributed by atoms with van der Waals surface area (Å²) in [5.41, 5.74) is 0.720. The monoisotopic (exact) mass is 400 g/mol. The molecule has 2 aromatic heterocycles. The van der Waals surface area contributed by atoms with Crippen LogP contribution < -0.4 is 9.64 Å². The summed E-state index contributed by atoms with van der Waals surface area (Å²) in [6.45, 7) is 7.90. The van der Waals surface area contributed by atoms with Gasteiger partial charge in [0.1, 0.15) is 18.4 Å². The summed E-state index contributed by atoms with van der Waals surface area (Å²) in [7, 11) is 0.329. The van der Waals surface area contributed by atoms with Gasteiger partial charge in [0.2, 0.25) is 0 Å². The molecule has 0 saturated carbocycles. The average Bonchev–Trinajstić information content (AvgIpc) is 2.67. The lowest BCUT2D eigenvalue weighted by molar-refractivity contribution is 0.153. The second kappa shape index (κ2) is 8.62. The Morgan fingerprint density at radius 3 is 2.50 bits per heavy atom. The maximum Gasteiger partial charge on any atom is 0.316 e. The average molecular weight is 401 g/mol. The summed E-state index contributed by atoms with van der Waals surface area (Å²) in [6.07, 6.45) is 4.99. The lowest BCUT2D eigenvalue weighted by atomic mass is 10.1. The quantitative estimate of drug-likeness (QED) is 0.312. The molecular formula is C20H25FN4O2Si. The lowest BCUT2D eigenvalue weighted by Gasteiger charge is -2.25. The first-order valence-corrected chi connectivity index (χ1v) is 12.8. The number of pyridine rings is 1. The van der Waals surface area contributed by atoms with Crippen LogP contribution in [0.3, 0.4) is 0 Å². The van der Waals surface area contributed by atoms with E-state index >= 15 is 0 Å². The highest BCUT2D eigenvalue weighted by Gasteiger charge is 2.17. The SMILES string of the molecule is COc1ncc(N(COCC[Si](C)(C)C)c2nccc3cc(F)ccc23)cn1. The number of benzene rings is 1. The van der Waals surface area contributed by atoms with E-state index in [0.29, 0.717) is 19.2 Å². The summed E-state index contributed by atoms with van der Waals surface area (Å²) in [5, 5.41) is 1.60. The highest BCUT2D eigenvalue weighted by Crippen LogP contribution is 2.30. The first-order valence-electron chi connectivity index (χ1n) is 9.13. The molecule has 0 spiro atoms. The zero-order chi connectivity index (χ0) is 20.1. The van der Waals surface area contributed by atoms with Crippen molar-refractivity contribution in [3.8, 4) is 6.01 Å². The van der Waals surface area contributed by atoms with Crippen molar-refractivity contribution in [1.29, 1.82) is 0 Å². The Hall–Kier alpha value is -2.58. The van der Waals surface area contributed by atoms with E-state index in [9.17, 15) is 4.39 Å². The molecule has 1 aromatic carbocycles. The van der Waals surface area contributed by atoms with E-state index in [-0.39, 0.29) is 11.8 Å². The molecule has 0 radical (unpaired) electrons. The number of methoxy groups -OCH3 is 1. The zero-order valence-electron chi connectivity index (χ0n) is 16.6. The molecule has 6 nitrogen and oxygen atoms in total. The van der Waals surface area contributed by atoms with E-state index in [0.717, 1.165) is 22.5 Å². The number of anilines is 2. The van der Waals surface area contributed by atoms with Crippen LogP contribution in [0.2, 0.25) is 25.7 Å². The van der Waals surface area contributed by atoms with Gasteiger partial charge in [-0.05, 0) is 35.7 Å². The van der Waals surface area contributed by atoms with Crippen LogP contribution in [0.1, 0.15) is 0 Å². The van der Waals surface area contributed by atoms with Crippen LogP contribution in [-0.4, -0.2) is 43.5 Å². The molecule has 3 rings (SSSR count). The molecular weight excluding hydrogens is 375 g/mol. The maximum absolute atomic E-state index is 13.6. The Labute approximate surface area is 165 Å². The first kappa shape index (κ1) is 20.2. The number of halogens is 1. The van der Waals surface area contributed by atoms with Gasteiger partial charge in [0.05, 0.1) is 25.2 Å². The van der Waals surface area contributed by atoms with Crippen molar-refractivity contribution < 1.29 is 13.9 Å². The van der Waals surface area contributed by atoms with Crippen LogP contribution >= 0.6 is 0 Å². The molecule has 0 fully saturated rings. The minimum absolute atomic E-state index is 0.282. The highest BCUT2D eigenvalue weighted by atomic mass is 28.3. The second-order valence-electron chi connectivity index (χ2n) is 7.70. The fourth-order valence-electron chi connectivity index (χ4n) is 2.69. The minimum Gasteiger partial charge on any atom is -0.467 e. The van der Waals surface area contributed by atoms with Crippen LogP contribution in [0.5, 0.6) is 6.01 Å². The van der Waals surface area contributed by atoms with E-state index in [4.69, 9.17) is 9.47 Å². The summed E-state index contributed by atoms with van der Waals surface area (Å²) in [5.74, 6) is 0.384. The predicted octanol–water partition coefficient (Wildman–Crippen LogP) is 4.62. The number of ether oxygens (including phenoxy) is 2. The summed E-state index contributed by atoms with van der Waals surface area (Å²) in [6, 6.07) is 7.80. The van der Waals surface area contributed by atoms with Crippen molar-refractivity contribution in [3.05, 3.63) is 48.7 Å². The van der Waals surface area contributed by atoms with Crippen LogP contribution in [0, 0.1) is 5.82 Å². The molecule has 148 valence electrons. The Balaban J connectivity index is 1.93. The molecule has 0 N–H and O–H groups in total. The van der Waals surface area contributed by atoms with Gasteiger partial charge in [-0.2, -0.15) is 0 Å². The topological polar surface area (TPSA) is 60.4 Å². The van der Waals surface area contributed by atoms with Gasteiger partial charge in [-0.15, -0.1) is 0 Å². The Bertz CT molecular complexity index is 932. The van der Waals surface area contributed by atoms with Crippen LogP contribution in [0.15, 0.2) is 42.9 Å². The number of fused-ring (bicyclic) bond motifs is 1. The largest absolute Gasteiger partial charge is 0.467 e. The van der Waals surface area contributed by atoms with Crippen molar-refractivity contribution in [2.45, 2.75) is 25.7 Å². The molecule has 28 heavy (non-hydrogen) atoms.